The van der Waals surface area contributed by atoms with Crippen LogP contribution < -0.4 is 0 Å². The number of nitrogens with zero attached hydrogens (tertiary/aromatic N) is 1. The van der Waals surface area contributed by atoms with Crippen LogP contribution in [0.2, 0.25) is 0 Å². The number of carboxylic acids is 1. The standard InChI is InChI=1S/C9H9NO4/c1-3-6(9(13)14)10-7(11)4-5(2)8(10)12/h3-4H,1-2H3,(H,13,14)/b6-3-. The maximum absolute atomic E-state index is 11.4. The van der Waals surface area contributed by atoms with Crippen LogP contribution in [0.1, 0.15) is 13.8 Å². The van der Waals surface area contributed by atoms with Crippen molar-refractivity contribution < 1.29 is 19.5 Å². The first-order chi connectivity index (χ1) is 6.49. The second-order valence-corrected chi connectivity index (χ2v) is 2.79. The molecule has 74 valence electrons. The molecule has 0 saturated carbocycles. The van der Waals surface area contributed by atoms with Crippen molar-refractivity contribution in [2.45, 2.75) is 13.8 Å². The maximum Gasteiger partial charge on any atom is 0.352 e. The van der Waals surface area contributed by atoms with E-state index < -0.39 is 17.8 Å². The first-order valence-electron chi connectivity index (χ1n) is 3.95. The number of hydrogen-bond acceptors (Lipinski definition) is 3. The van der Waals surface area contributed by atoms with Crippen LogP contribution in [0.5, 0.6) is 0 Å². The first kappa shape index (κ1) is 10.2. The van der Waals surface area contributed by atoms with E-state index in [1.165, 1.54) is 19.9 Å². The molecule has 0 aromatic carbocycles. The molecule has 14 heavy (non-hydrogen) atoms. The van der Waals surface area contributed by atoms with E-state index in [4.69, 9.17) is 5.11 Å². The molecule has 0 atom stereocenters. The Morgan fingerprint density at radius 1 is 1.50 bits per heavy atom. The third kappa shape index (κ3) is 1.44. The van der Waals surface area contributed by atoms with Crippen LogP contribution in [0.25, 0.3) is 0 Å². The zero-order valence-corrected chi connectivity index (χ0v) is 7.77. The minimum absolute atomic E-state index is 0.246. The molecule has 0 radical (unpaired) electrons. The summed E-state index contributed by atoms with van der Waals surface area (Å²) in [7, 11) is 0. The Hall–Kier alpha value is -1.91. The van der Waals surface area contributed by atoms with E-state index in [-0.39, 0.29) is 11.3 Å². The van der Waals surface area contributed by atoms with Crippen molar-refractivity contribution in [3.63, 3.8) is 0 Å². The second-order valence-electron chi connectivity index (χ2n) is 2.79. The summed E-state index contributed by atoms with van der Waals surface area (Å²) < 4.78 is 0. The third-order valence-corrected chi connectivity index (χ3v) is 1.83. The molecule has 0 spiro atoms. The second kappa shape index (κ2) is 3.45. The van der Waals surface area contributed by atoms with Crippen LogP contribution in [0.15, 0.2) is 23.4 Å². The molecule has 1 rings (SSSR count). The smallest absolute Gasteiger partial charge is 0.352 e. The molecule has 5 nitrogen and oxygen atoms in total. The van der Waals surface area contributed by atoms with Gasteiger partial charge in [0.25, 0.3) is 11.8 Å². The largest absolute Gasteiger partial charge is 0.477 e. The van der Waals surface area contributed by atoms with E-state index >= 15 is 0 Å². The highest BCUT2D eigenvalue weighted by Gasteiger charge is 2.33. The maximum atomic E-state index is 11.4. The molecule has 1 aliphatic heterocycles. The molecule has 0 fully saturated rings. The summed E-state index contributed by atoms with van der Waals surface area (Å²) in [4.78, 5) is 33.9. The fraction of sp³-hybridized carbons (Fsp3) is 0.222. The van der Waals surface area contributed by atoms with Crippen molar-refractivity contribution >= 4 is 17.8 Å². The predicted molar refractivity (Wildman–Crippen MR) is 47.0 cm³/mol. The minimum atomic E-state index is -1.29. The summed E-state index contributed by atoms with van der Waals surface area (Å²) in [6.45, 7) is 2.92. The van der Waals surface area contributed by atoms with E-state index in [1.807, 2.05) is 0 Å². The topological polar surface area (TPSA) is 74.7 Å². The third-order valence-electron chi connectivity index (χ3n) is 1.83. The summed E-state index contributed by atoms with van der Waals surface area (Å²) in [5.74, 6) is -2.48. The van der Waals surface area contributed by atoms with Gasteiger partial charge >= 0.3 is 5.97 Å². The molecule has 0 aromatic rings. The molecular weight excluding hydrogens is 186 g/mol. The van der Waals surface area contributed by atoms with E-state index in [1.54, 1.807) is 0 Å². The van der Waals surface area contributed by atoms with Gasteiger partial charge in [0.05, 0.1) is 0 Å². The highest BCUT2D eigenvalue weighted by atomic mass is 16.4. The Bertz CT molecular complexity index is 378. The number of imide groups is 1. The lowest BCUT2D eigenvalue weighted by Gasteiger charge is -2.13. The molecular formula is C9H9NO4. The van der Waals surface area contributed by atoms with E-state index in [2.05, 4.69) is 0 Å². The molecule has 0 aliphatic carbocycles. The Morgan fingerprint density at radius 2 is 2.07 bits per heavy atom. The van der Waals surface area contributed by atoms with Crippen LogP contribution in [-0.2, 0) is 14.4 Å². The molecule has 2 amide bonds. The monoisotopic (exact) mass is 195 g/mol. The summed E-state index contributed by atoms with van der Waals surface area (Å²) in [5, 5.41) is 8.72. The fourth-order valence-corrected chi connectivity index (χ4v) is 1.16. The van der Waals surface area contributed by atoms with Gasteiger partial charge in [0.2, 0.25) is 0 Å². The average Bonchev–Trinajstić information content (AvgIpc) is 2.32. The van der Waals surface area contributed by atoms with Gasteiger partial charge in [-0.15, -0.1) is 0 Å². The van der Waals surface area contributed by atoms with Gasteiger partial charge in [0, 0.05) is 11.6 Å². The Morgan fingerprint density at radius 3 is 2.36 bits per heavy atom. The molecule has 0 bridgehead atoms. The summed E-state index contributed by atoms with van der Waals surface area (Å²) in [6.07, 6.45) is 2.33. The molecule has 0 saturated heterocycles. The minimum Gasteiger partial charge on any atom is -0.477 e. The van der Waals surface area contributed by atoms with Gasteiger partial charge in [-0.3, -0.25) is 9.59 Å². The summed E-state index contributed by atoms with van der Waals surface area (Å²) >= 11 is 0. The van der Waals surface area contributed by atoms with Crippen molar-refractivity contribution in [1.29, 1.82) is 0 Å². The van der Waals surface area contributed by atoms with Crippen LogP contribution in [0.4, 0.5) is 0 Å². The van der Waals surface area contributed by atoms with Crippen LogP contribution in [0, 0.1) is 0 Å². The van der Waals surface area contributed by atoms with Gasteiger partial charge in [0.15, 0.2) is 0 Å². The number of amides is 2. The molecule has 1 heterocycles. The Balaban J connectivity index is 3.08. The van der Waals surface area contributed by atoms with Gasteiger partial charge in [-0.2, -0.15) is 0 Å². The fourth-order valence-electron chi connectivity index (χ4n) is 1.16. The number of hydrogen-bond donors (Lipinski definition) is 1. The zero-order valence-electron chi connectivity index (χ0n) is 7.77. The van der Waals surface area contributed by atoms with E-state index in [9.17, 15) is 14.4 Å². The molecule has 0 aromatic heterocycles. The molecule has 1 N–H and O–H groups in total. The Kier molecular flexibility index (Phi) is 2.51. The highest BCUT2D eigenvalue weighted by Crippen LogP contribution is 2.17. The average molecular weight is 195 g/mol. The van der Waals surface area contributed by atoms with Gasteiger partial charge < -0.3 is 5.11 Å². The van der Waals surface area contributed by atoms with Crippen LogP contribution in [0.3, 0.4) is 0 Å². The van der Waals surface area contributed by atoms with Crippen molar-refractivity contribution in [2.24, 2.45) is 0 Å². The van der Waals surface area contributed by atoms with Crippen molar-refractivity contribution in [3.05, 3.63) is 23.4 Å². The molecule has 1 aliphatic rings. The normalized spacial score (nSPS) is 17.4. The number of allylic oxidation sites excluding steroid dienone is 1. The number of carbonyl (C=O) groups is 3. The predicted octanol–water partition coefficient (Wildman–Crippen LogP) is 0.290. The number of carbonyl (C=O) groups excluding carboxylic acids is 2. The van der Waals surface area contributed by atoms with Crippen molar-refractivity contribution in [1.82, 2.24) is 4.90 Å². The lowest BCUT2D eigenvalue weighted by molar-refractivity contribution is -0.143. The van der Waals surface area contributed by atoms with E-state index in [0.29, 0.717) is 4.90 Å². The first-order valence-corrected chi connectivity index (χ1v) is 3.95. The van der Waals surface area contributed by atoms with E-state index in [0.717, 1.165) is 6.08 Å². The quantitative estimate of drug-likeness (QED) is 0.507. The van der Waals surface area contributed by atoms with Crippen LogP contribution >= 0.6 is 0 Å². The van der Waals surface area contributed by atoms with Crippen LogP contribution in [-0.4, -0.2) is 27.8 Å². The van der Waals surface area contributed by atoms with Gasteiger partial charge in [0.1, 0.15) is 5.70 Å². The van der Waals surface area contributed by atoms with Gasteiger partial charge in [-0.05, 0) is 13.8 Å². The Labute approximate surface area is 80.3 Å². The lowest BCUT2D eigenvalue weighted by atomic mass is 10.3. The van der Waals surface area contributed by atoms with Crippen molar-refractivity contribution in [3.8, 4) is 0 Å². The SMILES string of the molecule is C/C=C(/C(=O)O)N1C(=O)C=C(C)C1=O. The number of rotatable bonds is 2. The highest BCUT2D eigenvalue weighted by molar-refractivity contribution is 6.19. The molecule has 5 heteroatoms. The molecule has 0 unspecified atom stereocenters. The number of carboxylic acid groups (broad SMARTS) is 1. The lowest BCUT2D eigenvalue weighted by Crippen LogP contribution is -2.33. The summed E-state index contributed by atoms with van der Waals surface area (Å²) in [6, 6.07) is 0. The summed E-state index contributed by atoms with van der Waals surface area (Å²) in [5.41, 5.74) is -0.0660. The van der Waals surface area contributed by atoms with Gasteiger partial charge in [-0.25, -0.2) is 9.69 Å². The van der Waals surface area contributed by atoms with Gasteiger partial charge in [-0.1, -0.05) is 6.08 Å². The zero-order chi connectivity index (χ0) is 10.9. The number of aliphatic carboxylic acids is 1. The van der Waals surface area contributed by atoms with Crippen molar-refractivity contribution in [2.75, 3.05) is 0 Å².